The summed E-state index contributed by atoms with van der Waals surface area (Å²) < 4.78 is 46.0. The van der Waals surface area contributed by atoms with Crippen LogP contribution in [-0.2, 0) is 25.7 Å². The van der Waals surface area contributed by atoms with Crippen LogP contribution in [0.25, 0.3) is 11.1 Å². The Kier molecular flexibility index (Phi) is 16.0. The first-order valence-electron chi connectivity index (χ1n) is 18.2. The van der Waals surface area contributed by atoms with Crippen LogP contribution in [0.2, 0.25) is 0 Å². The van der Waals surface area contributed by atoms with Gasteiger partial charge in [0.15, 0.2) is 11.6 Å². The number of ether oxygens (including phenoxy) is 3. The number of hydrogen-bond donors (Lipinski definition) is 1. The van der Waals surface area contributed by atoms with Crippen molar-refractivity contribution in [2.45, 2.75) is 115 Å². The molecule has 8 heteroatoms. The van der Waals surface area contributed by atoms with Gasteiger partial charge in [-0.25, -0.2) is 4.39 Å². The molecule has 3 aromatic rings. The predicted octanol–water partition coefficient (Wildman–Crippen LogP) is 9.82. The average Bonchev–Trinajstić information content (AvgIpc) is 3.13. The maximum absolute atomic E-state index is 15.1. The summed E-state index contributed by atoms with van der Waals surface area (Å²) in [6.45, 7) is 2.90. The third kappa shape index (κ3) is 12.6. The molecule has 1 aliphatic rings. The molecule has 0 aliphatic heterocycles. The normalized spacial score (nSPS) is 16.6. The molecular weight excluding hydrogens is 624 g/mol. The zero-order valence-electron chi connectivity index (χ0n) is 29.0. The van der Waals surface area contributed by atoms with E-state index in [9.17, 15) is 14.0 Å². The van der Waals surface area contributed by atoms with E-state index in [0.717, 1.165) is 24.3 Å². The first-order chi connectivity index (χ1) is 23.9. The second-order valence-electron chi connectivity index (χ2n) is 13.3. The van der Waals surface area contributed by atoms with Gasteiger partial charge in [-0.1, -0.05) is 87.2 Å². The molecule has 4 rings (SSSR count). The molecule has 6 nitrogen and oxygen atoms in total. The summed E-state index contributed by atoms with van der Waals surface area (Å²) >= 11 is 0. The average molecular weight is 678 g/mol. The molecule has 266 valence electrons. The lowest BCUT2D eigenvalue weighted by Gasteiger charge is -2.29. The molecule has 3 aromatic carbocycles. The van der Waals surface area contributed by atoms with Crippen LogP contribution in [0.15, 0.2) is 66.7 Å². The van der Waals surface area contributed by atoms with Crippen molar-refractivity contribution >= 4 is 11.9 Å². The van der Waals surface area contributed by atoms with Gasteiger partial charge in [0.2, 0.25) is 5.82 Å². The van der Waals surface area contributed by atoms with Gasteiger partial charge in [0.05, 0.1) is 13.2 Å². The Balaban J connectivity index is 1.07. The van der Waals surface area contributed by atoms with Crippen molar-refractivity contribution in [3.8, 4) is 16.9 Å². The lowest BCUT2D eigenvalue weighted by Crippen LogP contribution is -2.32. The van der Waals surface area contributed by atoms with Crippen molar-refractivity contribution in [3.63, 3.8) is 0 Å². The summed E-state index contributed by atoms with van der Waals surface area (Å²) in [4.78, 5) is 24.1. The highest BCUT2D eigenvalue weighted by atomic mass is 19.2. The highest BCUT2D eigenvalue weighted by Crippen LogP contribution is 2.39. The van der Waals surface area contributed by atoms with Crippen LogP contribution in [0, 0.1) is 17.6 Å². The van der Waals surface area contributed by atoms with E-state index in [1.165, 1.54) is 63.0 Å². The lowest BCUT2D eigenvalue weighted by molar-refractivity contribution is -0.147. The number of hydrogen-bond acceptors (Lipinski definition) is 6. The van der Waals surface area contributed by atoms with Gasteiger partial charge in [-0.3, -0.25) is 9.59 Å². The van der Waals surface area contributed by atoms with Gasteiger partial charge in [-0.2, -0.15) is 4.39 Å². The van der Waals surface area contributed by atoms with Crippen LogP contribution >= 0.6 is 0 Å². The van der Waals surface area contributed by atoms with Crippen LogP contribution in [0.1, 0.15) is 114 Å². The van der Waals surface area contributed by atoms with Crippen LogP contribution in [0.3, 0.4) is 0 Å². The topological polar surface area (TPSA) is 87.9 Å². The van der Waals surface area contributed by atoms with Crippen LogP contribution in [0.4, 0.5) is 8.78 Å². The Bertz CT molecular complexity index is 1420. The Morgan fingerprint density at radius 2 is 1.51 bits per heavy atom. The molecule has 0 heterocycles. The molecule has 0 radical (unpaired) electrons. The van der Waals surface area contributed by atoms with Crippen LogP contribution in [0.5, 0.6) is 5.75 Å². The molecule has 1 fully saturated rings. The summed E-state index contributed by atoms with van der Waals surface area (Å²) in [5.74, 6) is -1.54. The standard InChI is InChI=1S/C41H53F2NO5/c1-2-3-7-12-30-15-17-32(18-16-30)33-19-21-34(22-20-33)35-23-25-37(40(43)39(35)42)47-27-10-4-5-11-28-48-38(45)26-24-36(44)41(46)49-29-31-13-8-6-9-14-31/h6,8-9,13-14,19-23,25,30,32,36H,2-5,7,10-12,15-18,24,26-29,44H2,1H3/t30?,32?,36-/m0/s1. The number of carbonyl (C=O) groups excluding carboxylic acids is 2. The van der Waals surface area contributed by atoms with Crippen LogP contribution in [-0.4, -0.2) is 31.2 Å². The Hall–Kier alpha value is -3.78. The Morgan fingerprint density at radius 3 is 2.22 bits per heavy atom. The second kappa shape index (κ2) is 20.7. The van der Waals surface area contributed by atoms with E-state index >= 15 is 4.39 Å². The molecular formula is C41H53F2NO5. The molecule has 0 aromatic heterocycles. The maximum Gasteiger partial charge on any atom is 0.323 e. The van der Waals surface area contributed by atoms with E-state index in [2.05, 4.69) is 19.1 Å². The van der Waals surface area contributed by atoms with Crippen molar-refractivity contribution in [1.29, 1.82) is 0 Å². The minimum atomic E-state index is -0.973. The number of unbranched alkanes of at least 4 members (excludes halogenated alkanes) is 5. The number of esters is 2. The molecule has 0 unspecified atom stereocenters. The monoisotopic (exact) mass is 677 g/mol. The van der Waals surface area contributed by atoms with Gasteiger partial charge in [0, 0.05) is 12.0 Å². The molecule has 0 amide bonds. The van der Waals surface area contributed by atoms with Gasteiger partial charge >= 0.3 is 11.9 Å². The Labute approximate surface area is 290 Å². The van der Waals surface area contributed by atoms with Crippen LogP contribution < -0.4 is 10.5 Å². The van der Waals surface area contributed by atoms with E-state index in [4.69, 9.17) is 19.9 Å². The SMILES string of the molecule is CCCCCC1CCC(c2ccc(-c3ccc(OCCCCCCOC(=O)CC[C@H](N)C(=O)OCc4ccccc4)c(F)c3F)cc2)CC1. The summed E-state index contributed by atoms with van der Waals surface area (Å²) in [6, 6.07) is 19.4. The van der Waals surface area contributed by atoms with E-state index in [-0.39, 0.29) is 44.0 Å². The van der Waals surface area contributed by atoms with Crippen molar-refractivity contribution < 1.29 is 32.6 Å². The number of halogens is 2. The molecule has 1 atom stereocenters. The molecule has 0 saturated heterocycles. The smallest absolute Gasteiger partial charge is 0.323 e. The van der Waals surface area contributed by atoms with Gasteiger partial charge < -0.3 is 19.9 Å². The summed E-state index contributed by atoms with van der Waals surface area (Å²) in [5.41, 5.74) is 8.89. The van der Waals surface area contributed by atoms with E-state index in [1.807, 2.05) is 42.5 Å². The molecule has 49 heavy (non-hydrogen) atoms. The maximum atomic E-state index is 15.1. The van der Waals surface area contributed by atoms with Crippen molar-refractivity contribution in [2.75, 3.05) is 13.2 Å². The van der Waals surface area contributed by atoms with Gasteiger partial charge in [0.25, 0.3) is 0 Å². The van der Waals surface area contributed by atoms with E-state index < -0.39 is 29.6 Å². The molecule has 0 bridgehead atoms. The summed E-state index contributed by atoms with van der Waals surface area (Å²) in [6.07, 6.45) is 13.3. The number of nitrogens with two attached hydrogens (primary N) is 1. The number of carbonyl (C=O) groups is 2. The fraction of sp³-hybridized carbons (Fsp3) is 0.512. The highest BCUT2D eigenvalue weighted by molar-refractivity contribution is 5.77. The van der Waals surface area contributed by atoms with Crippen molar-refractivity contribution in [3.05, 3.63) is 89.5 Å². The minimum Gasteiger partial charge on any atom is -0.490 e. The third-order valence-electron chi connectivity index (χ3n) is 9.55. The number of rotatable bonds is 20. The molecule has 2 N–H and O–H groups in total. The molecule has 0 spiro atoms. The largest absolute Gasteiger partial charge is 0.490 e. The third-order valence-corrected chi connectivity index (χ3v) is 9.55. The van der Waals surface area contributed by atoms with Crippen molar-refractivity contribution in [2.24, 2.45) is 11.7 Å². The fourth-order valence-corrected chi connectivity index (χ4v) is 6.49. The zero-order valence-corrected chi connectivity index (χ0v) is 29.0. The molecule has 1 saturated carbocycles. The zero-order chi connectivity index (χ0) is 34.8. The van der Waals surface area contributed by atoms with Crippen molar-refractivity contribution in [1.82, 2.24) is 0 Å². The first-order valence-corrected chi connectivity index (χ1v) is 18.2. The van der Waals surface area contributed by atoms with Gasteiger partial charge in [-0.05, 0) is 98.4 Å². The second-order valence-corrected chi connectivity index (χ2v) is 13.3. The Morgan fingerprint density at radius 1 is 0.796 bits per heavy atom. The lowest BCUT2D eigenvalue weighted by atomic mass is 9.77. The predicted molar refractivity (Wildman–Crippen MR) is 189 cm³/mol. The quantitative estimate of drug-likeness (QED) is 0.0946. The molecule has 1 aliphatic carbocycles. The summed E-state index contributed by atoms with van der Waals surface area (Å²) in [7, 11) is 0. The minimum absolute atomic E-state index is 0.0296. The summed E-state index contributed by atoms with van der Waals surface area (Å²) in [5, 5.41) is 0. The number of benzene rings is 3. The fourth-order valence-electron chi connectivity index (χ4n) is 6.49. The van der Waals surface area contributed by atoms with Gasteiger partial charge in [-0.15, -0.1) is 0 Å². The highest BCUT2D eigenvalue weighted by Gasteiger charge is 2.23. The van der Waals surface area contributed by atoms with E-state index in [1.54, 1.807) is 6.07 Å². The van der Waals surface area contributed by atoms with E-state index in [0.29, 0.717) is 24.3 Å². The first kappa shape index (κ1) is 38.0. The van der Waals surface area contributed by atoms with Gasteiger partial charge in [0.1, 0.15) is 12.6 Å².